The summed E-state index contributed by atoms with van der Waals surface area (Å²) in [5, 5.41) is 0. The first-order chi connectivity index (χ1) is 7.36. The molecule has 1 fully saturated rings. The van der Waals surface area contributed by atoms with Crippen molar-refractivity contribution in [3.8, 4) is 0 Å². The maximum absolute atomic E-state index is 6.11. The average Bonchev–Trinajstić information content (AvgIpc) is 2.15. The molecule has 1 aromatic carbocycles. The number of nitrogen functional groups attached to an aromatic ring is 1. The Kier molecular flexibility index (Phi) is 2.08. The van der Waals surface area contributed by atoms with E-state index in [2.05, 4.69) is 17.0 Å². The number of nitrogens with two attached hydrogens (primary N) is 1. The van der Waals surface area contributed by atoms with E-state index in [1.807, 2.05) is 6.07 Å². The fraction of sp³-hybridized carbons (Fsp3) is 0.538. The van der Waals surface area contributed by atoms with E-state index in [1.165, 1.54) is 49.9 Å². The molecule has 15 heavy (non-hydrogen) atoms. The highest BCUT2D eigenvalue weighted by Crippen LogP contribution is 2.38. The highest BCUT2D eigenvalue weighted by atomic mass is 15.2. The minimum atomic E-state index is 0.772. The smallest absolute Gasteiger partial charge is 0.0634 e. The molecule has 0 atom stereocenters. The summed E-state index contributed by atoms with van der Waals surface area (Å²) in [6, 6.07) is 7.12. The van der Waals surface area contributed by atoms with Crippen LogP contribution in [-0.2, 0) is 6.42 Å². The zero-order valence-corrected chi connectivity index (χ0v) is 9.08. The predicted octanol–water partition coefficient (Wildman–Crippen LogP) is 2.57. The Labute approximate surface area is 91.1 Å². The Morgan fingerprint density at radius 2 is 2.07 bits per heavy atom. The fourth-order valence-corrected chi connectivity index (χ4v) is 2.78. The van der Waals surface area contributed by atoms with Gasteiger partial charge in [-0.25, -0.2) is 0 Å². The van der Waals surface area contributed by atoms with Gasteiger partial charge in [0.05, 0.1) is 11.4 Å². The zero-order valence-electron chi connectivity index (χ0n) is 9.08. The van der Waals surface area contributed by atoms with Gasteiger partial charge in [-0.3, -0.25) is 0 Å². The van der Waals surface area contributed by atoms with Crippen LogP contribution in [0.5, 0.6) is 0 Å². The van der Waals surface area contributed by atoms with Gasteiger partial charge in [-0.15, -0.1) is 0 Å². The standard InChI is InChI=1S/C13H18N2/c14-12-8-1-4-10-5-3-9-15(13(10)12)11-6-2-7-11/h1,4,8,11H,2-3,5-7,9,14H2. The van der Waals surface area contributed by atoms with Crippen molar-refractivity contribution in [3.63, 3.8) is 0 Å². The minimum absolute atomic E-state index is 0.772. The van der Waals surface area contributed by atoms with Gasteiger partial charge in [0.2, 0.25) is 0 Å². The summed E-state index contributed by atoms with van der Waals surface area (Å²) in [7, 11) is 0. The van der Waals surface area contributed by atoms with Crippen molar-refractivity contribution in [3.05, 3.63) is 23.8 Å². The molecule has 2 heteroatoms. The Bertz CT molecular complexity index is 369. The van der Waals surface area contributed by atoms with E-state index in [-0.39, 0.29) is 0 Å². The Balaban J connectivity index is 2.00. The molecule has 2 nitrogen and oxygen atoms in total. The number of anilines is 2. The van der Waals surface area contributed by atoms with Gasteiger partial charge >= 0.3 is 0 Å². The lowest BCUT2D eigenvalue weighted by molar-refractivity contribution is 0.380. The van der Waals surface area contributed by atoms with Crippen LogP contribution in [0.1, 0.15) is 31.2 Å². The topological polar surface area (TPSA) is 29.3 Å². The summed E-state index contributed by atoms with van der Waals surface area (Å²) in [6.45, 7) is 1.20. The van der Waals surface area contributed by atoms with Crippen LogP contribution in [-0.4, -0.2) is 12.6 Å². The van der Waals surface area contributed by atoms with E-state index >= 15 is 0 Å². The van der Waals surface area contributed by atoms with E-state index in [9.17, 15) is 0 Å². The molecule has 0 saturated heterocycles. The second-order valence-corrected chi connectivity index (χ2v) is 4.74. The normalized spacial score (nSPS) is 20.9. The third kappa shape index (κ3) is 1.39. The molecule has 80 valence electrons. The van der Waals surface area contributed by atoms with Gasteiger partial charge in [0.15, 0.2) is 0 Å². The summed E-state index contributed by atoms with van der Waals surface area (Å²) >= 11 is 0. The van der Waals surface area contributed by atoms with Crippen molar-refractivity contribution in [1.82, 2.24) is 0 Å². The summed E-state index contributed by atoms with van der Waals surface area (Å²) < 4.78 is 0. The van der Waals surface area contributed by atoms with Gasteiger partial charge in [-0.1, -0.05) is 12.1 Å². The molecule has 1 aromatic rings. The Morgan fingerprint density at radius 3 is 2.80 bits per heavy atom. The number of nitrogens with zero attached hydrogens (tertiary/aromatic N) is 1. The molecule has 2 aliphatic rings. The molecule has 1 heterocycles. The maximum atomic E-state index is 6.11. The van der Waals surface area contributed by atoms with E-state index in [1.54, 1.807) is 0 Å². The van der Waals surface area contributed by atoms with Crippen LogP contribution in [0.3, 0.4) is 0 Å². The number of benzene rings is 1. The number of fused-ring (bicyclic) bond motifs is 1. The van der Waals surface area contributed by atoms with E-state index in [0.29, 0.717) is 0 Å². The van der Waals surface area contributed by atoms with Crippen molar-refractivity contribution >= 4 is 11.4 Å². The molecule has 0 amide bonds. The van der Waals surface area contributed by atoms with Crippen molar-refractivity contribution in [2.75, 3.05) is 17.2 Å². The van der Waals surface area contributed by atoms with Crippen molar-refractivity contribution < 1.29 is 0 Å². The van der Waals surface area contributed by atoms with E-state index in [0.717, 1.165) is 11.7 Å². The highest BCUT2D eigenvalue weighted by molar-refractivity contribution is 5.73. The Morgan fingerprint density at radius 1 is 1.20 bits per heavy atom. The first kappa shape index (κ1) is 9.08. The van der Waals surface area contributed by atoms with Crippen LogP contribution >= 0.6 is 0 Å². The van der Waals surface area contributed by atoms with Crippen molar-refractivity contribution in [1.29, 1.82) is 0 Å². The summed E-state index contributed by atoms with van der Waals surface area (Å²) in [6.07, 6.45) is 6.58. The minimum Gasteiger partial charge on any atom is -0.397 e. The molecule has 3 rings (SSSR count). The number of para-hydroxylation sites is 1. The molecule has 0 radical (unpaired) electrons. The van der Waals surface area contributed by atoms with Crippen molar-refractivity contribution in [2.24, 2.45) is 0 Å². The van der Waals surface area contributed by atoms with Crippen molar-refractivity contribution in [2.45, 2.75) is 38.1 Å². The summed E-state index contributed by atoms with van der Waals surface area (Å²) in [5.41, 5.74) is 9.87. The molecule has 0 aromatic heterocycles. The Hall–Kier alpha value is -1.18. The molecule has 0 bridgehead atoms. The van der Waals surface area contributed by atoms with Gasteiger partial charge in [0, 0.05) is 12.6 Å². The first-order valence-electron chi connectivity index (χ1n) is 6.00. The van der Waals surface area contributed by atoms with E-state index < -0.39 is 0 Å². The molecule has 1 aliphatic carbocycles. The number of aryl methyl sites for hydroxylation is 1. The lowest BCUT2D eigenvalue weighted by atomic mass is 9.88. The number of hydrogen-bond donors (Lipinski definition) is 1. The van der Waals surface area contributed by atoms with Gasteiger partial charge in [-0.2, -0.15) is 0 Å². The lowest BCUT2D eigenvalue weighted by Crippen LogP contribution is -2.43. The SMILES string of the molecule is Nc1cccc2c1N(C1CCC1)CCC2. The van der Waals surface area contributed by atoms with Crippen LogP contribution in [0.2, 0.25) is 0 Å². The van der Waals surface area contributed by atoms with Gasteiger partial charge in [0.1, 0.15) is 0 Å². The molecule has 0 spiro atoms. The highest BCUT2D eigenvalue weighted by Gasteiger charge is 2.29. The number of rotatable bonds is 1. The molecule has 1 aliphatic heterocycles. The van der Waals surface area contributed by atoms with E-state index in [4.69, 9.17) is 5.73 Å². The van der Waals surface area contributed by atoms with Gasteiger partial charge in [-0.05, 0) is 43.7 Å². The van der Waals surface area contributed by atoms with Crippen LogP contribution in [0.4, 0.5) is 11.4 Å². The zero-order chi connectivity index (χ0) is 10.3. The third-order valence-corrected chi connectivity index (χ3v) is 3.80. The fourth-order valence-electron chi connectivity index (χ4n) is 2.78. The molecule has 0 unspecified atom stereocenters. The quantitative estimate of drug-likeness (QED) is 0.709. The monoisotopic (exact) mass is 202 g/mol. The summed E-state index contributed by atoms with van der Waals surface area (Å²) in [4.78, 5) is 2.55. The molecule has 2 N–H and O–H groups in total. The first-order valence-corrected chi connectivity index (χ1v) is 6.00. The van der Waals surface area contributed by atoms with Crippen LogP contribution in [0, 0.1) is 0 Å². The maximum Gasteiger partial charge on any atom is 0.0634 e. The van der Waals surface area contributed by atoms with Gasteiger partial charge in [0.25, 0.3) is 0 Å². The molecule has 1 saturated carbocycles. The second kappa shape index (κ2) is 3.44. The number of hydrogen-bond acceptors (Lipinski definition) is 2. The van der Waals surface area contributed by atoms with Crippen LogP contribution in [0.25, 0.3) is 0 Å². The third-order valence-electron chi connectivity index (χ3n) is 3.80. The molecular formula is C13H18N2. The molecular weight excluding hydrogens is 184 g/mol. The van der Waals surface area contributed by atoms with Gasteiger partial charge < -0.3 is 10.6 Å². The lowest BCUT2D eigenvalue weighted by Gasteiger charge is -2.43. The largest absolute Gasteiger partial charge is 0.397 e. The van der Waals surface area contributed by atoms with Crippen LogP contribution in [0.15, 0.2) is 18.2 Å². The predicted molar refractivity (Wildman–Crippen MR) is 64.2 cm³/mol. The summed E-state index contributed by atoms with van der Waals surface area (Å²) in [5.74, 6) is 0. The second-order valence-electron chi connectivity index (χ2n) is 4.74. The average molecular weight is 202 g/mol. The van der Waals surface area contributed by atoms with Crippen LogP contribution < -0.4 is 10.6 Å².